The number of benzene rings is 1. The first kappa shape index (κ1) is 16.6. The van der Waals surface area contributed by atoms with Crippen LogP contribution in [0.1, 0.15) is 23.5 Å². The van der Waals surface area contributed by atoms with Crippen LogP contribution in [-0.2, 0) is 11.3 Å². The van der Waals surface area contributed by atoms with Crippen LogP contribution in [0.4, 0.5) is 0 Å². The topological polar surface area (TPSA) is 36.4 Å². The minimum atomic E-state index is 0.142. The summed E-state index contributed by atoms with van der Waals surface area (Å²) in [6, 6.07) is 12.0. The van der Waals surface area contributed by atoms with E-state index >= 15 is 0 Å². The highest BCUT2D eigenvalue weighted by atomic mass is 35.5. The van der Waals surface area contributed by atoms with Crippen molar-refractivity contribution in [2.24, 2.45) is 5.92 Å². The fraction of sp³-hybridized carbons (Fsp3) is 0.400. The van der Waals surface area contributed by atoms with Gasteiger partial charge >= 0.3 is 0 Å². The average Bonchev–Trinajstić information content (AvgIpc) is 3.43. The van der Waals surface area contributed by atoms with E-state index in [1.807, 2.05) is 35.4 Å². The van der Waals surface area contributed by atoms with Gasteiger partial charge in [-0.15, -0.1) is 0 Å². The second kappa shape index (κ2) is 7.14. The molecule has 0 N–H and O–H groups in total. The number of piperazine rings is 1. The Kier molecular flexibility index (Phi) is 4.73. The molecule has 1 aromatic carbocycles. The third-order valence-corrected chi connectivity index (χ3v) is 5.43. The smallest absolute Gasteiger partial charge is 0.226 e. The molecule has 0 radical (unpaired) electrons. The van der Waals surface area contributed by atoms with Crippen molar-refractivity contribution in [1.29, 1.82) is 0 Å². The van der Waals surface area contributed by atoms with Crippen LogP contribution in [0.5, 0.6) is 0 Å². The highest BCUT2D eigenvalue weighted by Gasteiger charge is 2.46. The summed E-state index contributed by atoms with van der Waals surface area (Å²) in [5.41, 5.74) is 2.42. The monoisotopic (exact) mass is 355 g/mol. The molecule has 2 fully saturated rings. The molecular formula is C20H22ClN3O. The third-order valence-electron chi connectivity index (χ3n) is 5.20. The zero-order valence-corrected chi connectivity index (χ0v) is 14.9. The van der Waals surface area contributed by atoms with E-state index in [9.17, 15) is 4.79 Å². The highest BCUT2D eigenvalue weighted by Crippen LogP contribution is 2.48. The largest absolute Gasteiger partial charge is 0.340 e. The zero-order valence-electron chi connectivity index (χ0n) is 14.1. The summed E-state index contributed by atoms with van der Waals surface area (Å²) in [6.07, 6.45) is 4.67. The number of carbonyl (C=O) groups is 1. The van der Waals surface area contributed by atoms with E-state index in [4.69, 9.17) is 11.6 Å². The molecule has 4 nitrogen and oxygen atoms in total. The average molecular weight is 356 g/mol. The first-order valence-electron chi connectivity index (χ1n) is 8.86. The summed E-state index contributed by atoms with van der Waals surface area (Å²) in [5, 5.41) is 0.750. The van der Waals surface area contributed by atoms with E-state index in [2.05, 4.69) is 22.0 Å². The normalized spacial score (nSPS) is 23.5. The van der Waals surface area contributed by atoms with Crippen molar-refractivity contribution >= 4 is 17.5 Å². The number of hydrogen-bond acceptors (Lipinski definition) is 3. The number of aromatic nitrogens is 1. The zero-order chi connectivity index (χ0) is 17.2. The lowest BCUT2D eigenvalue weighted by atomic mass is 10.1. The van der Waals surface area contributed by atoms with E-state index in [0.29, 0.717) is 11.8 Å². The van der Waals surface area contributed by atoms with Crippen molar-refractivity contribution in [1.82, 2.24) is 14.8 Å². The quantitative estimate of drug-likeness (QED) is 0.845. The standard InChI is InChI=1S/C20H22ClN3O/c21-17-5-1-4-16(11-17)18-12-19(18)20(25)24-9-7-23(8-10-24)14-15-3-2-6-22-13-15/h1-6,11,13,18-19H,7-10,12,14H2/t18-,19+/m0/s1. The van der Waals surface area contributed by atoms with Gasteiger partial charge in [0.1, 0.15) is 0 Å². The van der Waals surface area contributed by atoms with Gasteiger partial charge in [-0.1, -0.05) is 29.8 Å². The molecule has 130 valence electrons. The first-order valence-corrected chi connectivity index (χ1v) is 9.24. The molecule has 1 amide bonds. The van der Waals surface area contributed by atoms with E-state index in [1.165, 1.54) is 11.1 Å². The summed E-state index contributed by atoms with van der Waals surface area (Å²) >= 11 is 6.07. The van der Waals surface area contributed by atoms with Gasteiger partial charge in [0.2, 0.25) is 5.91 Å². The minimum Gasteiger partial charge on any atom is -0.340 e. The van der Waals surface area contributed by atoms with Crippen LogP contribution >= 0.6 is 11.6 Å². The van der Waals surface area contributed by atoms with Gasteiger partial charge in [0.05, 0.1) is 0 Å². The molecule has 25 heavy (non-hydrogen) atoms. The SMILES string of the molecule is O=C([C@@H]1C[C@H]1c1cccc(Cl)c1)N1CCN(Cc2cccnc2)CC1. The van der Waals surface area contributed by atoms with Crippen LogP contribution in [0.3, 0.4) is 0 Å². The van der Waals surface area contributed by atoms with Crippen LogP contribution in [0.2, 0.25) is 5.02 Å². The Morgan fingerprint density at radius 1 is 1.16 bits per heavy atom. The van der Waals surface area contributed by atoms with Crippen LogP contribution in [0, 0.1) is 5.92 Å². The molecule has 0 unspecified atom stereocenters. The molecule has 2 aromatic rings. The lowest BCUT2D eigenvalue weighted by molar-refractivity contribution is -0.134. The molecule has 1 saturated heterocycles. The van der Waals surface area contributed by atoms with Crippen molar-refractivity contribution in [2.75, 3.05) is 26.2 Å². The number of pyridine rings is 1. The lowest BCUT2D eigenvalue weighted by Crippen LogP contribution is -2.48. The number of nitrogens with zero attached hydrogens (tertiary/aromatic N) is 3. The Morgan fingerprint density at radius 3 is 2.72 bits per heavy atom. The predicted octanol–water partition coefficient (Wildman–Crippen LogP) is 3.18. The molecule has 4 rings (SSSR count). The van der Waals surface area contributed by atoms with E-state index < -0.39 is 0 Å². The van der Waals surface area contributed by atoms with E-state index in [-0.39, 0.29) is 5.92 Å². The van der Waals surface area contributed by atoms with Crippen molar-refractivity contribution in [3.63, 3.8) is 0 Å². The van der Waals surface area contributed by atoms with Gasteiger partial charge in [-0.3, -0.25) is 14.7 Å². The van der Waals surface area contributed by atoms with Crippen molar-refractivity contribution in [3.05, 3.63) is 64.9 Å². The van der Waals surface area contributed by atoms with Gasteiger partial charge in [0.15, 0.2) is 0 Å². The number of amides is 1. The van der Waals surface area contributed by atoms with Crippen molar-refractivity contribution < 1.29 is 4.79 Å². The number of halogens is 1. The van der Waals surface area contributed by atoms with Gasteiger partial charge in [-0.2, -0.15) is 0 Å². The second-order valence-electron chi connectivity index (χ2n) is 6.97. The van der Waals surface area contributed by atoms with Gasteiger partial charge < -0.3 is 4.90 Å². The van der Waals surface area contributed by atoms with Crippen LogP contribution < -0.4 is 0 Å². The van der Waals surface area contributed by atoms with Gasteiger partial charge in [0, 0.05) is 56.1 Å². The Labute approximate surface area is 153 Å². The number of carbonyl (C=O) groups excluding carboxylic acids is 1. The Bertz CT molecular complexity index is 744. The molecule has 0 bridgehead atoms. The second-order valence-corrected chi connectivity index (χ2v) is 7.40. The summed E-state index contributed by atoms with van der Waals surface area (Å²) in [5.74, 6) is 0.800. The lowest BCUT2D eigenvalue weighted by Gasteiger charge is -2.35. The van der Waals surface area contributed by atoms with Crippen molar-refractivity contribution in [3.8, 4) is 0 Å². The summed E-state index contributed by atoms with van der Waals surface area (Å²) < 4.78 is 0. The summed E-state index contributed by atoms with van der Waals surface area (Å²) in [6.45, 7) is 4.39. The molecule has 1 aromatic heterocycles. The van der Waals surface area contributed by atoms with Crippen LogP contribution in [-0.4, -0.2) is 46.9 Å². The molecule has 2 heterocycles. The Morgan fingerprint density at radius 2 is 2.00 bits per heavy atom. The third kappa shape index (κ3) is 3.86. The van der Waals surface area contributed by atoms with Crippen LogP contribution in [0.15, 0.2) is 48.8 Å². The van der Waals surface area contributed by atoms with Crippen LogP contribution in [0.25, 0.3) is 0 Å². The Balaban J connectivity index is 1.29. The minimum absolute atomic E-state index is 0.142. The Hall–Kier alpha value is -1.91. The van der Waals surface area contributed by atoms with Crippen molar-refractivity contribution in [2.45, 2.75) is 18.9 Å². The maximum absolute atomic E-state index is 12.8. The fourth-order valence-electron chi connectivity index (χ4n) is 3.68. The molecule has 0 spiro atoms. The van der Waals surface area contributed by atoms with Gasteiger partial charge in [-0.25, -0.2) is 0 Å². The molecule has 1 aliphatic carbocycles. The first-order chi connectivity index (χ1) is 12.2. The summed E-state index contributed by atoms with van der Waals surface area (Å²) in [7, 11) is 0. The maximum Gasteiger partial charge on any atom is 0.226 e. The molecule has 1 saturated carbocycles. The van der Waals surface area contributed by atoms with Gasteiger partial charge in [-0.05, 0) is 41.7 Å². The molecule has 5 heteroatoms. The number of hydrogen-bond donors (Lipinski definition) is 0. The fourth-order valence-corrected chi connectivity index (χ4v) is 3.88. The van der Waals surface area contributed by atoms with E-state index in [1.54, 1.807) is 6.20 Å². The van der Waals surface area contributed by atoms with E-state index in [0.717, 1.165) is 44.2 Å². The predicted molar refractivity (Wildman–Crippen MR) is 98.4 cm³/mol. The maximum atomic E-state index is 12.8. The summed E-state index contributed by atoms with van der Waals surface area (Å²) in [4.78, 5) is 21.4. The molecule has 2 atom stereocenters. The van der Waals surface area contributed by atoms with Gasteiger partial charge in [0.25, 0.3) is 0 Å². The number of rotatable bonds is 4. The molecule has 1 aliphatic heterocycles. The molecular weight excluding hydrogens is 334 g/mol. The molecule has 2 aliphatic rings. The highest BCUT2D eigenvalue weighted by molar-refractivity contribution is 6.30.